The summed E-state index contributed by atoms with van der Waals surface area (Å²) in [6, 6.07) is 14.2. The zero-order chi connectivity index (χ0) is 22.2. The molecule has 1 aromatic heterocycles. The van der Waals surface area contributed by atoms with Gasteiger partial charge in [-0.05, 0) is 81.7 Å². The van der Waals surface area contributed by atoms with Crippen molar-refractivity contribution >= 4 is 22.6 Å². The molecular weight excluding hydrogens is 422 g/mol. The third kappa shape index (κ3) is 6.36. The largest absolute Gasteiger partial charge is 0.493 e. The highest BCUT2D eigenvalue weighted by Crippen LogP contribution is 2.26. The van der Waals surface area contributed by atoms with E-state index >= 15 is 0 Å². The molecule has 2 aromatic carbocycles. The molecule has 1 fully saturated rings. The highest BCUT2D eigenvalue weighted by molar-refractivity contribution is 6.30. The van der Waals surface area contributed by atoms with Gasteiger partial charge in [0.05, 0.1) is 12.0 Å². The number of fused-ring (bicyclic) bond motifs is 1. The van der Waals surface area contributed by atoms with Crippen LogP contribution in [0.2, 0.25) is 5.02 Å². The number of hydrogen-bond acceptors (Lipinski definition) is 4. The monoisotopic (exact) mass is 453 g/mol. The van der Waals surface area contributed by atoms with E-state index in [0.29, 0.717) is 28.4 Å². The molecule has 0 spiro atoms. The smallest absolute Gasteiger partial charge is 0.193 e. The van der Waals surface area contributed by atoms with E-state index in [2.05, 4.69) is 4.90 Å². The Morgan fingerprint density at radius 1 is 0.875 bits per heavy atom. The average Bonchev–Trinajstić information content (AvgIpc) is 3.32. The summed E-state index contributed by atoms with van der Waals surface area (Å²) >= 11 is 5.96. The van der Waals surface area contributed by atoms with E-state index in [-0.39, 0.29) is 5.43 Å². The van der Waals surface area contributed by atoms with Gasteiger partial charge in [-0.2, -0.15) is 0 Å². The van der Waals surface area contributed by atoms with Gasteiger partial charge in [0.2, 0.25) is 0 Å². The van der Waals surface area contributed by atoms with Crippen LogP contribution in [0, 0.1) is 0 Å². The van der Waals surface area contributed by atoms with Crippen LogP contribution in [0.4, 0.5) is 0 Å². The lowest BCUT2D eigenvalue weighted by molar-refractivity contribution is 0.302. The summed E-state index contributed by atoms with van der Waals surface area (Å²) in [7, 11) is 0. The zero-order valence-corrected chi connectivity index (χ0v) is 19.4. The minimum atomic E-state index is -0.0625. The van der Waals surface area contributed by atoms with Gasteiger partial charge in [0, 0.05) is 22.7 Å². The molecule has 1 aliphatic rings. The lowest BCUT2D eigenvalue weighted by Crippen LogP contribution is -2.20. The van der Waals surface area contributed by atoms with E-state index in [0.717, 1.165) is 17.7 Å². The molecule has 4 nitrogen and oxygen atoms in total. The van der Waals surface area contributed by atoms with E-state index in [4.69, 9.17) is 20.8 Å². The second kappa shape index (κ2) is 11.5. The first-order valence-electron chi connectivity index (χ1n) is 11.9. The predicted molar refractivity (Wildman–Crippen MR) is 132 cm³/mol. The summed E-state index contributed by atoms with van der Waals surface area (Å²) in [5, 5.41) is 1.21. The van der Waals surface area contributed by atoms with Crippen molar-refractivity contribution in [3.63, 3.8) is 0 Å². The number of likely N-dealkylation sites (tertiary alicyclic amines) is 1. The number of rotatable bonds is 11. The fourth-order valence-electron chi connectivity index (χ4n) is 4.32. The number of hydrogen-bond donors (Lipinski definition) is 0. The van der Waals surface area contributed by atoms with Gasteiger partial charge >= 0.3 is 0 Å². The van der Waals surface area contributed by atoms with Crippen molar-refractivity contribution in [2.75, 3.05) is 26.2 Å². The molecule has 0 radical (unpaired) electrons. The summed E-state index contributed by atoms with van der Waals surface area (Å²) in [6.07, 6.45) is 10.2. The molecular formula is C27H32ClNO3. The molecule has 0 aliphatic carbocycles. The van der Waals surface area contributed by atoms with Crippen LogP contribution in [-0.2, 0) is 0 Å². The van der Waals surface area contributed by atoms with E-state index in [9.17, 15) is 4.79 Å². The molecule has 1 saturated heterocycles. The van der Waals surface area contributed by atoms with Crippen molar-refractivity contribution in [2.24, 2.45) is 0 Å². The molecule has 0 bridgehead atoms. The van der Waals surface area contributed by atoms with E-state index in [1.807, 2.05) is 24.3 Å². The summed E-state index contributed by atoms with van der Waals surface area (Å²) < 4.78 is 11.9. The van der Waals surface area contributed by atoms with E-state index in [1.165, 1.54) is 70.6 Å². The van der Waals surface area contributed by atoms with Gasteiger partial charge in [-0.3, -0.25) is 4.79 Å². The van der Waals surface area contributed by atoms with Crippen molar-refractivity contribution < 1.29 is 9.15 Å². The Labute approximate surface area is 195 Å². The molecule has 1 aliphatic heterocycles. The van der Waals surface area contributed by atoms with Crippen LogP contribution >= 0.6 is 11.6 Å². The quantitative estimate of drug-likeness (QED) is 0.295. The van der Waals surface area contributed by atoms with Crippen molar-refractivity contribution in [3.05, 3.63) is 63.8 Å². The number of halogens is 1. The van der Waals surface area contributed by atoms with E-state index in [1.54, 1.807) is 18.2 Å². The molecule has 32 heavy (non-hydrogen) atoms. The lowest BCUT2D eigenvalue weighted by atomic mass is 10.1. The number of ether oxygens (including phenoxy) is 1. The molecule has 3 aromatic rings. The van der Waals surface area contributed by atoms with Crippen molar-refractivity contribution in [3.8, 4) is 17.1 Å². The van der Waals surface area contributed by atoms with Gasteiger partial charge in [-0.25, -0.2) is 0 Å². The Morgan fingerprint density at radius 2 is 1.59 bits per heavy atom. The molecule has 2 heterocycles. The molecule has 0 N–H and O–H groups in total. The van der Waals surface area contributed by atoms with Crippen molar-refractivity contribution in [1.29, 1.82) is 0 Å². The molecule has 0 amide bonds. The normalized spacial score (nSPS) is 14.3. The molecule has 0 unspecified atom stereocenters. The first-order valence-corrected chi connectivity index (χ1v) is 12.3. The van der Waals surface area contributed by atoms with Gasteiger partial charge in [0.1, 0.15) is 17.1 Å². The fourth-order valence-corrected chi connectivity index (χ4v) is 4.45. The first kappa shape index (κ1) is 22.9. The summed E-state index contributed by atoms with van der Waals surface area (Å²) in [5.41, 5.74) is 1.30. The van der Waals surface area contributed by atoms with Gasteiger partial charge < -0.3 is 14.1 Å². The topological polar surface area (TPSA) is 42.7 Å². The Morgan fingerprint density at radius 3 is 2.38 bits per heavy atom. The second-order valence-electron chi connectivity index (χ2n) is 8.66. The Kier molecular flexibility index (Phi) is 8.24. The lowest BCUT2D eigenvalue weighted by Gasteiger charge is -2.13. The van der Waals surface area contributed by atoms with Crippen LogP contribution < -0.4 is 10.2 Å². The minimum absolute atomic E-state index is 0.0625. The SMILES string of the molecule is O=c1cc(-c2ccc(Cl)cc2)oc2cc(OCCCCCCCCN3CCCC3)ccc12. The van der Waals surface area contributed by atoms with Crippen LogP contribution in [0.1, 0.15) is 51.4 Å². The second-order valence-corrected chi connectivity index (χ2v) is 9.09. The van der Waals surface area contributed by atoms with E-state index < -0.39 is 0 Å². The third-order valence-electron chi connectivity index (χ3n) is 6.17. The Bertz CT molecular complexity index is 1050. The van der Waals surface area contributed by atoms with Crippen LogP contribution in [0.15, 0.2) is 57.7 Å². The maximum atomic E-state index is 12.5. The zero-order valence-electron chi connectivity index (χ0n) is 18.7. The third-order valence-corrected chi connectivity index (χ3v) is 6.42. The Balaban J connectivity index is 1.22. The number of nitrogens with zero attached hydrogens (tertiary/aromatic N) is 1. The predicted octanol–water partition coefficient (Wildman–Crippen LogP) is 6.93. The van der Waals surface area contributed by atoms with Crippen LogP contribution in [0.25, 0.3) is 22.3 Å². The summed E-state index contributed by atoms with van der Waals surface area (Å²) in [4.78, 5) is 15.1. The highest BCUT2D eigenvalue weighted by Gasteiger charge is 2.10. The van der Waals surface area contributed by atoms with Gasteiger partial charge in [-0.15, -0.1) is 0 Å². The molecule has 4 rings (SSSR count). The highest BCUT2D eigenvalue weighted by atomic mass is 35.5. The number of benzene rings is 2. The molecule has 170 valence electrons. The average molecular weight is 454 g/mol. The number of unbranched alkanes of at least 4 members (excludes halogenated alkanes) is 5. The van der Waals surface area contributed by atoms with Gasteiger partial charge in [0.25, 0.3) is 0 Å². The maximum Gasteiger partial charge on any atom is 0.193 e. The van der Waals surface area contributed by atoms with Crippen LogP contribution in [0.5, 0.6) is 5.75 Å². The molecule has 0 atom stereocenters. The fraction of sp³-hybridized carbons (Fsp3) is 0.444. The van der Waals surface area contributed by atoms with Gasteiger partial charge in [0.15, 0.2) is 5.43 Å². The maximum absolute atomic E-state index is 12.5. The van der Waals surface area contributed by atoms with Crippen LogP contribution in [0.3, 0.4) is 0 Å². The minimum Gasteiger partial charge on any atom is -0.493 e. The summed E-state index contributed by atoms with van der Waals surface area (Å²) in [5.74, 6) is 1.26. The Hall–Kier alpha value is -2.30. The van der Waals surface area contributed by atoms with Crippen molar-refractivity contribution in [1.82, 2.24) is 4.90 Å². The van der Waals surface area contributed by atoms with Crippen molar-refractivity contribution in [2.45, 2.75) is 51.4 Å². The van der Waals surface area contributed by atoms with Gasteiger partial charge in [-0.1, -0.05) is 37.3 Å². The first-order chi connectivity index (χ1) is 15.7. The standard InChI is InChI=1S/C27H32ClNO3/c28-22-11-9-21(10-12-22)26-20-25(30)24-14-13-23(19-27(24)32-26)31-18-8-4-2-1-3-5-15-29-16-6-7-17-29/h9-14,19-20H,1-8,15-18H2. The molecule has 5 heteroatoms. The molecule has 0 saturated carbocycles. The summed E-state index contributed by atoms with van der Waals surface area (Å²) in [6.45, 7) is 4.57. The van der Waals surface area contributed by atoms with Crippen LogP contribution in [-0.4, -0.2) is 31.1 Å².